The third kappa shape index (κ3) is 4.58. The maximum atomic E-state index is 14.4. The van der Waals surface area contributed by atoms with Gasteiger partial charge in [0.25, 0.3) is 11.4 Å². The van der Waals surface area contributed by atoms with Gasteiger partial charge in [-0.2, -0.15) is 10.1 Å². The van der Waals surface area contributed by atoms with Crippen LogP contribution in [0, 0.1) is 5.82 Å². The fraction of sp³-hybridized carbons (Fsp3) is 0.375. The summed E-state index contributed by atoms with van der Waals surface area (Å²) in [6, 6.07) is 6.00. The molecule has 36 heavy (non-hydrogen) atoms. The molecule has 1 aromatic carbocycles. The van der Waals surface area contributed by atoms with Crippen LogP contribution in [0.15, 0.2) is 39.8 Å². The number of nitrogens with one attached hydrogen (secondary N) is 1. The molecule has 10 nitrogen and oxygen atoms in total. The predicted octanol–water partition coefficient (Wildman–Crippen LogP) is 4.65. The van der Waals surface area contributed by atoms with E-state index in [9.17, 15) is 14.0 Å². The molecule has 12 heteroatoms. The molecule has 1 amide bonds. The Balaban J connectivity index is 1.42. The number of halogens is 2. The van der Waals surface area contributed by atoms with Gasteiger partial charge < -0.3 is 19.1 Å². The van der Waals surface area contributed by atoms with Crippen LogP contribution in [0.25, 0.3) is 28.5 Å². The van der Waals surface area contributed by atoms with Gasteiger partial charge in [0.05, 0.1) is 28.0 Å². The van der Waals surface area contributed by atoms with Gasteiger partial charge >= 0.3 is 6.09 Å². The molecule has 1 fully saturated rings. The highest BCUT2D eigenvalue weighted by Gasteiger charge is 2.29. The minimum Gasteiger partial charge on any atom is -0.444 e. The van der Waals surface area contributed by atoms with Crippen LogP contribution in [0.2, 0.25) is 5.02 Å². The Morgan fingerprint density at radius 2 is 2.00 bits per heavy atom. The number of hydrogen-bond donors (Lipinski definition) is 1. The molecule has 0 spiro atoms. The van der Waals surface area contributed by atoms with Crippen LogP contribution in [-0.4, -0.2) is 54.4 Å². The molecular formula is C24H24ClFN6O4. The first-order valence-electron chi connectivity index (χ1n) is 11.5. The van der Waals surface area contributed by atoms with Crippen molar-refractivity contribution in [3.63, 3.8) is 0 Å². The van der Waals surface area contributed by atoms with E-state index in [0.29, 0.717) is 42.8 Å². The molecule has 4 heterocycles. The fourth-order valence-electron chi connectivity index (χ4n) is 4.26. The quantitative estimate of drug-likeness (QED) is 0.422. The van der Waals surface area contributed by atoms with E-state index in [0.717, 1.165) is 0 Å². The number of piperidine rings is 1. The second-order valence-electron chi connectivity index (χ2n) is 9.64. The smallest absolute Gasteiger partial charge is 0.410 e. The number of benzene rings is 1. The Labute approximate surface area is 210 Å². The summed E-state index contributed by atoms with van der Waals surface area (Å²) in [5.74, 6) is -0.561. The van der Waals surface area contributed by atoms with Crippen molar-refractivity contribution in [1.29, 1.82) is 0 Å². The van der Waals surface area contributed by atoms with Gasteiger partial charge in [0.15, 0.2) is 5.82 Å². The summed E-state index contributed by atoms with van der Waals surface area (Å²) in [5, 5.41) is 8.35. The van der Waals surface area contributed by atoms with E-state index in [1.165, 1.54) is 24.4 Å². The molecule has 1 aliphatic heterocycles. The lowest BCUT2D eigenvalue weighted by molar-refractivity contribution is 0.0203. The summed E-state index contributed by atoms with van der Waals surface area (Å²) >= 11 is 5.86. The zero-order valence-corrected chi connectivity index (χ0v) is 20.7. The number of aromatic amines is 1. The third-order valence-corrected chi connectivity index (χ3v) is 6.24. The Morgan fingerprint density at radius 1 is 1.25 bits per heavy atom. The number of rotatable bonds is 3. The Morgan fingerprint density at radius 3 is 2.72 bits per heavy atom. The summed E-state index contributed by atoms with van der Waals surface area (Å²) in [6.45, 7) is 6.50. The third-order valence-electron chi connectivity index (χ3n) is 5.95. The van der Waals surface area contributed by atoms with Crippen molar-refractivity contribution in [3.8, 4) is 22.8 Å². The number of hydrogen-bond acceptors (Lipinski definition) is 7. The van der Waals surface area contributed by atoms with Crippen molar-refractivity contribution in [2.75, 3.05) is 13.1 Å². The summed E-state index contributed by atoms with van der Waals surface area (Å²) in [4.78, 5) is 33.7. The topological polar surface area (TPSA) is 119 Å². The first kappa shape index (κ1) is 24.0. The van der Waals surface area contributed by atoms with E-state index in [1.807, 2.05) is 20.8 Å². The molecule has 188 valence electrons. The van der Waals surface area contributed by atoms with Gasteiger partial charge in [-0.15, -0.1) is 0 Å². The van der Waals surface area contributed by atoms with Gasteiger partial charge in [0.1, 0.15) is 11.2 Å². The van der Waals surface area contributed by atoms with Crippen LogP contribution in [0.4, 0.5) is 9.18 Å². The molecule has 0 radical (unpaired) electrons. The maximum Gasteiger partial charge on any atom is 0.410 e. The van der Waals surface area contributed by atoms with Crippen LogP contribution in [-0.2, 0) is 4.74 Å². The van der Waals surface area contributed by atoms with Crippen molar-refractivity contribution in [2.24, 2.45) is 0 Å². The van der Waals surface area contributed by atoms with Crippen molar-refractivity contribution in [1.82, 2.24) is 29.6 Å². The molecule has 5 rings (SSSR count). The zero-order chi connectivity index (χ0) is 25.6. The van der Waals surface area contributed by atoms with E-state index >= 15 is 0 Å². The average Bonchev–Trinajstić information content (AvgIpc) is 3.46. The van der Waals surface area contributed by atoms with Gasteiger partial charge in [0, 0.05) is 25.1 Å². The molecule has 1 N–H and O–H groups in total. The first-order chi connectivity index (χ1) is 17.1. The molecule has 0 bridgehead atoms. The summed E-state index contributed by atoms with van der Waals surface area (Å²) in [6.07, 6.45) is 2.47. The number of ether oxygens (including phenoxy) is 1. The van der Waals surface area contributed by atoms with Gasteiger partial charge in [-0.3, -0.25) is 4.79 Å². The number of aromatic nitrogens is 5. The minimum absolute atomic E-state index is 0.00243. The zero-order valence-electron chi connectivity index (χ0n) is 19.9. The second kappa shape index (κ2) is 9.05. The molecule has 1 aliphatic rings. The van der Waals surface area contributed by atoms with Gasteiger partial charge in [0.2, 0.25) is 5.82 Å². The summed E-state index contributed by atoms with van der Waals surface area (Å²) in [7, 11) is 0. The van der Waals surface area contributed by atoms with E-state index < -0.39 is 11.4 Å². The van der Waals surface area contributed by atoms with Crippen LogP contribution in [0.5, 0.6) is 0 Å². The number of nitrogens with zero attached hydrogens (tertiary/aromatic N) is 5. The summed E-state index contributed by atoms with van der Waals surface area (Å²) in [5.41, 5.74) is 0.741. The Hall–Kier alpha value is -3.73. The molecular weight excluding hydrogens is 491 g/mol. The maximum absolute atomic E-state index is 14.4. The average molecular weight is 515 g/mol. The molecule has 0 atom stereocenters. The highest BCUT2D eigenvalue weighted by atomic mass is 35.5. The molecule has 4 aromatic rings. The van der Waals surface area contributed by atoms with Gasteiger partial charge in [-0.25, -0.2) is 13.7 Å². The van der Waals surface area contributed by atoms with Crippen molar-refractivity contribution in [3.05, 3.63) is 57.3 Å². The predicted molar refractivity (Wildman–Crippen MR) is 129 cm³/mol. The van der Waals surface area contributed by atoms with Crippen LogP contribution < -0.4 is 5.56 Å². The van der Waals surface area contributed by atoms with Gasteiger partial charge in [-0.05, 0) is 45.7 Å². The number of amides is 1. The second-order valence-corrected chi connectivity index (χ2v) is 10.1. The molecule has 0 unspecified atom stereocenters. The van der Waals surface area contributed by atoms with E-state index in [1.54, 1.807) is 15.5 Å². The largest absolute Gasteiger partial charge is 0.444 e. The first-order valence-corrected chi connectivity index (χ1v) is 11.9. The van der Waals surface area contributed by atoms with E-state index in [2.05, 4.69) is 20.2 Å². The Kier molecular flexibility index (Phi) is 6.03. The highest BCUT2D eigenvalue weighted by molar-refractivity contribution is 6.31. The van der Waals surface area contributed by atoms with Crippen molar-refractivity contribution in [2.45, 2.75) is 45.1 Å². The van der Waals surface area contributed by atoms with Crippen LogP contribution in [0.3, 0.4) is 0 Å². The van der Waals surface area contributed by atoms with Crippen LogP contribution >= 0.6 is 11.6 Å². The standard InChI is InChI=1S/C24H24ClFN6O4/c1-24(2,3)35-23(34)31-9-7-13(8-10-31)17-11-18(33)28-21-15(12-27-32(17)21)20-29-22(36-30-20)14-5-4-6-16(25)19(14)26/h4-6,11-13H,7-10H2,1-3H3,(H,28,33). The van der Waals surface area contributed by atoms with E-state index in [4.69, 9.17) is 20.9 Å². The fourth-order valence-corrected chi connectivity index (χ4v) is 4.44. The number of fused-ring (bicyclic) bond motifs is 1. The molecule has 0 aliphatic carbocycles. The van der Waals surface area contributed by atoms with Gasteiger partial charge in [-0.1, -0.05) is 22.8 Å². The van der Waals surface area contributed by atoms with Crippen LogP contribution in [0.1, 0.15) is 45.2 Å². The summed E-state index contributed by atoms with van der Waals surface area (Å²) < 4.78 is 26.8. The number of likely N-dealkylation sites (tertiary alicyclic amines) is 1. The Bertz CT molecular complexity index is 1500. The highest BCUT2D eigenvalue weighted by Crippen LogP contribution is 2.32. The molecule has 1 saturated heterocycles. The minimum atomic E-state index is -0.664. The van der Waals surface area contributed by atoms with Crippen molar-refractivity contribution >= 4 is 23.3 Å². The lowest BCUT2D eigenvalue weighted by Crippen LogP contribution is -2.41. The van der Waals surface area contributed by atoms with E-state index in [-0.39, 0.29) is 39.9 Å². The monoisotopic (exact) mass is 514 g/mol. The molecule has 3 aromatic heterocycles. The number of H-pyrrole nitrogens is 1. The number of carbonyl (C=O) groups excluding carboxylic acids is 1. The lowest BCUT2D eigenvalue weighted by Gasteiger charge is -2.33. The number of carbonyl (C=O) groups is 1. The normalized spacial score (nSPS) is 15.0. The van der Waals surface area contributed by atoms with Crippen molar-refractivity contribution < 1.29 is 18.4 Å². The molecule has 0 saturated carbocycles. The lowest BCUT2D eigenvalue weighted by atomic mass is 9.93. The SMILES string of the molecule is CC(C)(C)OC(=O)N1CCC(c2cc(=O)[nH]c3c(-c4noc(-c5cccc(Cl)c5F)n4)cnn23)CC1.